The number of aromatic nitrogens is 2. The SMILES string of the molecule is CN(C)CCSc1nnc(SCN2C(=O)c3ccccc3S2(=O)=O)s1. The molecule has 1 aliphatic rings. The van der Waals surface area contributed by atoms with Crippen molar-refractivity contribution < 1.29 is 13.2 Å². The summed E-state index contributed by atoms with van der Waals surface area (Å²) in [5.74, 6) is 0.404. The minimum absolute atomic E-state index is 0.00710. The zero-order valence-electron chi connectivity index (χ0n) is 13.6. The van der Waals surface area contributed by atoms with Gasteiger partial charge in [-0.15, -0.1) is 10.2 Å². The average molecular weight is 417 g/mol. The van der Waals surface area contributed by atoms with E-state index in [0.29, 0.717) is 4.34 Å². The summed E-state index contributed by atoms with van der Waals surface area (Å²) < 4.78 is 27.3. The van der Waals surface area contributed by atoms with Gasteiger partial charge in [-0.2, -0.15) is 0 Å². The minimum atomic E-state index is -3.77. The third-order valence-corrected chi connectivity index (χ3v) is 8.47. The van der Waals surface area contributed by atoms with Crippen LogP contribution in [0.25, 0.3) is 0 Å². The lowest BCUT2D eigenvalue weighted by Gasteiger charge is -2.13. The van der Waals surface area contributed by atoms with E-state index >= 15 is 0 Å². The Morgan fingerprint density at radius 3 is 2.52 bits per heavy atom. The lowest BCUT2D eigenvalue weighted by Crippen LogP contribution is -2.29. The van der Waals surface area contributed by atoms with Gasteiger partial charge in [0.25, 0.3) is 15.9 Å². The summed E-state index contributed by atoms with van der Waals surface area (Å²) >= 11 is 4.22. The second-order valence-corrected chi connectivity index (χ2v) is 10.8. The van der Waals surface area contributed by atoms with Crippen LogP contribution in [0.4, 0.5) is 0 Å². The highest BCUT2D eigenvalue weighted by atomic mass is 32.2. The van der Waals surface area contributed by atoms with Gasteiger partial charge in [-0.3, -0.25) is 4.79 Å². The number of hydrogen-bond donors (Lipinski definition) is 0. The maximum Gasteiger partial charge on any atom is 0.269 e. The molecule has 0 fully saturated rings. The zero-order valence-corrected chi connectivity index (χ0v) is 16.8. The van der Waals surface area contributed by atoms with Crippen molar-refractivity contribution in [2.75, 3.05) is 32.3 Å². The van der Waals surface area contributed by atoms with E-state index in [4.69, 9.17) is 0 Å². The molecule has 25 heavy (non-hydrogen) atoms. The third kappa shape index (κ3) is 4.00. The Bertz CT molecular complexity index is 882. The molecule has 0 N–H and O–H groups in total. The minimum Gasteiger partial charge on any atom is -0.309 e. The summed E-state index contributed by atoms with van der Waals surface area (Å²) in [6.07, 6.45) is 0. The predicted octanol–water partition coefficient (Wildman–Crippen LogP) is 2.09. The molecule has 0 atom stereocenters. The summed E-state index contributed by atoms with van der Waals surface area (Å²) in [4.78, 5) is 14.5. The highest BCUT2D eigenvalue weighted by Gasteiger charge is 2.40. The second-order valence-electron chi connectivity index (χ2n) is 5.41. The summed E-state index contributed by atoms with van der Waals surface area (Å²) in [6.45, 7) is 0.936. The molecule has 0 aliphatic carbocycles. The standard InChI is InChI=1S/C14H16N4O3S4/c1-17(2)7-8-22-13-15-16-14(24-13)23-9-18-12(19)10-5-3-4-6-11(10)25(18,20)21/h3-6H,7-9H2,1-2H3. The molecule has 0 radical (unpaired) electrons. The zero-order chi connectivity index (χ0) is 18.0. The number of benzene rings is 1. The largest absolute Gasteiger partial charge is 0.309 e. The fraction of sp³-hybridized carbons (Fsp3) is 0.357. The normalized spacial score (nSPS) is 15.8. The summed E-state index contributed by atoms with van der Waals surface area (Å²) in [6, 6.07) is 6.26. The van der Waals surface area contributed by atoms with Crippen LogP contribution < -0.4 is 0 Å². The fourth-order valence-corrected chi connectivity index (χ4v) is 7.05. The van der Waals surface area contributed by atoms with Crippen LogP contribution in [-0.2, 0) is 10.0 Å². The van der Waals surface area contributed by atoms with Crippen molar-refractivity contribution in [3.05, 3.63) is 29.8 Å². The van der Waals surface area contributed by atoms with Crippen LogP contribution in [0.3, 0.4) is 0 Å². The van der Waals surface area contributed by atoms with Crippen LogP contribution in [-0.4, -0.2) is 66.0 Å². The molecule has 0 saturated heterocycles. The smallest absolute Gasteiger partial charge is 0.269 e. The molecule has 1 aromatic carbocycles. The van der Waals surface area contributed by atoms with Gasteiger partial charge in [-0.1, -0.05) is 47.0 Å². The van der Waals surface area contributed by atoms with E-state index < -0.39 is 15.9 Å². The number of thioether (sulfide) groups is 2. The van der Waals surface area contributed by atoms with E-state index in [-0.39, 0.29) is 16.3 Å². The van der Waals surface area contributed by atoms with Crippen LogP contribution in [0.15, 0.2) is 37.8 Å². The Kier molecular flexibility index (Phi) is 5.68. The molecule has 1 aromatic heterocycles. The number of carbonyl (C=O) groups is 1. The third-order valence-electron chi connectivity index (χ3n) is 3.37. The molecule has 7 nitrogen and oxygen atoms in total. The maximum atomic E-state index is 12.5. The molecular weight excluding hydrogens is 400 g/mol. The first-order valence-electron chi connectivity index (χ1n) is 7.29. The summed E-state index contributed by atoms with van der Waals surface area (Å²) in [5, 5.41) is 8.15. The Balaban J connectivity index is 1.63. The van der Waals surface area contributed by atoms with Crippen molar-refractivity contribution >= 4 is 50.8 Å². The molecular formula is C14H16N4O3S4. The first-order chi connectivity index (χ1) is 11.9. The number of sulfonamides is 1. The first-order valence-corrected chi connectivity index (χ1v) is 11.5. The molecule has 0 unspecified atom stereocenters. The Hall–Kier alpha value is -1.14. The molecule has 1 aliphatic heterocycles. The summed E-state index contributed by atoms with van der Waals surface area (Å²) in [5.41, 5.74) is 0.222. The number of amides is 1. The Labute approximate surface area is 158 Å². The van der Waals surface area contributed by atoms with Crippen molar-refractivity contribution in [1.29, 1.82) is 0 Å². The Morgan fingerprint density at radius 2 is 1.84 bits per heavy atom. The molecule has 0 bridgehead atoms. The van der Waals surface area contributed by atoms with Crippen molar-refractivity contribution in [2.24, 2.45) is 0 Å². The molecule has 2 heterocycles. The van der Waals surface area contributed by atoms with Crippen LogP contribution in [0.1, 0.15) is 10.4 Å². The second kappa shape index (κ2) is 7.62. The fourth-order valence-electron chi connectivity index (χ4n) is 2.10. The van der Waals surface area contributed by atoms with E-state index in [9.17, 15) is 13.2 Å². The molecule has 134 valence electrons. The van der Waals surface area contributed by atoms with Crippen molar-refractivity contribution in [2.45, 2.75) is 13.6 Å². The van der Waals surface area contributed by atoms with Crippen LogP contribution in [0, 0.1) is 0 Å². The number of rotatable bonds is 7. The topological polar surface area (TPSA) is 83.5 Å². The lowest BCUT2D eigenvalue weighted by molar-refractivity contribution is 0.0887. The van der Waals surface area contributed by atoms with Gasteiger partial charge in [0.15, 0.2) is 8.68 Å². The molecule has 3 rings (SSSR count). The van der Waals surface area contributed by atoms with Gasteiger partial charge >= 0.3 is 0 Å². The van der Waals surface area contributed by atoms with Gasteiger partial charge in [0, 0.05) is 12.3 Å². The van der Waals surface area contributed by atoms with Crippen molar-refractivity contribution in [1.82, 2.24) is 19.4 Å². The van der Waals surface area contributed by atoms with E-state index in [1.807, 2.05) is 14.1 Å². The van der Waals surface area contributed by atoms with Gasteiger partial charge in [-0.25, -0.2) is 12.7 Å². The lowest BCUT2D eigenvalue weighted by atomic mass is 10.2. The van der Waals surface area contributed by atoms with Gasteiger partial charge < -0.3 is 4.90 Å². The molecule has 1 amide bonds. The average Bonchev–Trinajstić information content (AvgIpc) is 3.08. The number of fused-ring (bicyclic) bond motifs is 1. The Morgan fingerprint density at radius 1 is 1.16 bits per heavy atom. The summed E-state index contributed by atoms with van der Waals surface area (Å²) in [7, 11) is 0.241. The van der Waals surface area contributed by atoms with Gasteiger partial charge in [0.1, 0.15) is 4.90 Å². The molecule has 0 spiro atoms. The van der Waals surface area contributed by atoms with Gasteiger partial charge in [0.05, 0.1) is 11.4 Å². The first kappa shape index (κ1) is 18.6. The quantitative estimate of drug-likeness (QED) is 0.635. The molecule has 0 saturated carbocycles. The number of carbonyl (C=O) groups excluding carboxylic acids is 1. The monoisotopic (exact) mass is 416 g/mol. The molecule has 11 heteroatoms. The number of hydrogen-bond acceptors (Lipinski definition) is 9. The van der Waals surface area contributed by atoms with Crippen LogP contribution in [0.2, 0.25) is 0 Å². The predicted molar refractivity (Wildman–Crippen MR) is 99.7 cm³/mol. The molecule has 2 aromatic rings. The maximum absolute atomic E-state index is 12.5. The highest BCUT2D eigenvalue weighted by Crippen LogP contribution is 2.34. The van der Waals surface area contributed by atoms with Crippen molar-refractivity contribution in [3.63, 3.8) is 0 Å². The highest BCUT2D eigenvalue weighted by molar-refractivity contribution is 8.03. The van der Waals surface area contributed by atoms with Crippen LogP contribution >= 0.6 is 34.9 Å². The van der Waals surface area contributed by atoms with Crippen molar-refractivity contribution in [3.8, 4) is 0 Å². The number of nitrogens with zero attached hydrogens (tertiary/aromatic N) is 4. The van der Waals surface area contributed by atoms with E-state index in [1.165, 1.54) is 35.2 Å². The van der Waals surface area contributed by atoms with Crippen LogP contribution in [0.5, 0.6) is 0 Å². The van der Waals surface area contributed by atoms with Gasteiger partial charge in [0.2, 0.25) is 0 Å². The van der Waals surface area contributed by atoms with E-state index in [1.54, 1.807) is 23.9 Å². The van der Waals surface area contributed by atoms with Gasteiger partial charge in [-0.05, 0) is 26.2 Å². The van der Waals surface area contributed by atoms with E-state index in [2.05, 4.69) is 15.1 Å². The van der Waals surface area contributed by atoms with E-state index in [0.717, 1.165) is 20.9 Å².